The van der Waals surface area contributed by atoms with Crippen molar-refractivity contribution < 1.29 is 28.6 Å². The van der Waals surface area contributed by atoms with Crippen LogP contribution in [0.4, 0.5) is 5.69 Å². The van der Waals surface area contributed by atoms with Crippen LogP contribution in [-0.4, -0.2) is 45.0 Å². The minimum atomic E-state index is -0.874. The molecule has 29 heavy (non-hydrogen) atoms. The summed E-state index contributed by atoms with van der Waals surface area (Å²) in [5.74, 6) is -0.0485. The molecule has 0 aromatic heterocycles. The van der Waals surface area contributed by atoms with Gasteiger partial charge in [0.1, 0.15) is 11.5 Å². The van der Waals surface area contributed by atoms with Gasteiger partial charge < -0.3 is 24.4 Å². The molecule has 9 heteroatoms. The number of hydrogen-bond acceptors (Lipinski definition) is 7. The summed E-state index contributed by atoms with van der Waals surface area (Å²) in [6, 6.07) is 9.82. The van der Waals surface area contributed by atoms with Crippen molar-refractivity contribution in [3.8, 4) is 11.5 Å². The van der Waals surface area contributed by atoms with Crippen LogP contribution in [0.1, 0.15) is 22.3 Å². The van der Waals surface area contributed by atoms with E-state index in [9.17, 15) is 9.59 Å². The van der Waals surface area contributed by atoms with Gasteiger partial charge in [0.2, 0.25) is 6.10 Å². The Hall–Kier alpha value is -3.26. The van der Waals surface area contributed by atoms with Crippen LogP contribution in [0.3, 0.4) is 0 Å². The third-order valence-corrected chi connectivity index (χ3v) is 4.63. The van der Waals surface area contributed by atoms with E-state index in [1.807, 2.05) is 0 Å². The molecule has 1 amide bonds. The Bertz CT molecular complexity index is 975. The van der Waals surface area contributed by atoms with Gasteiger partial charge in [-0.15, -0.1) is 0 Å². The van der Waals surface area contributed by atoms with E-state index in [-0.39, 0.29) is 12.0 Å². The van der Waals surface area contributed by atoms with Gasteiger partial charge in [-0.05, 0) is 18.2 Å². The standard InChI is InChI=1S/C20H19ClN2O6/c1-26-16-10-17(27-2)13(21)8-12(16)15-9-18(29-23-15)19(24)22-14-7-5-4-6-11(14)20(25)28-3/h4-8,10,18H,9H2,1-3H3,(H,22,24)/t18-/m0/s1. The number of esters is 1. The van der Waals surface area contributed by atoms with Crippen LogP contribution >= 0.6 is 11.6 Å². The fourth-order valence-electron chi connectivity index (χ4n) is 2.86. The molecule has 1 atom stereocenters. The highest BCUT2D eigenvalue weighted by Crippen LogP contribution is 2.35. The van der Waals surface area contributed by atoms with Crippen molar-refractivity contribution in [1.29, 1.82) is 0 Å². The van der Waals surface area contributed by atoms with Gasteiger partial charge in [-0.2, -0.15) is 0 Å². The number of benzene rings is 2. The maximum Gasteiger partial charge on any atom is 0.339 e. The third kappa shape index (κ3) is 4.27. The Morgan fingerprint density at radius 3 is 2.55 bits per heavy atom. The number of rotatable bonds is 6. The molecule has 8 nitrogen and oxygen atoms in total. The smallest absolute Gasteiger partial charge is 0.339 e. The van der Waals surface area contributed by atoms with Gasteiger partial charge in [-0.1, -0.05) is 28.9 Å². The summed E-state index contributed by atoms with van der Waals surface area (Å²) in [6.45, 7) is 0. The molecule has 0 unspecified atom stereocenters. The summed E-state index contributed by atoms with van der Waals surface area (Å²) >= 11 is 6.20. The number of nitrogens with zero attached hydrogens (tertiary/aromatic N) is 1. The van der Waals surface area contributed by atoms with Crippen LogP contribution in [0.25, 0.3) is 0 Å². The van der Waals surface area contributed by atoms with Crippen LogP contribution < -0.4 is 14.8 Å². The summed E-state index contributed by atoms with van der Waals surface area (Å²) in [6.07, 6.45) is -0.674. The van der Waals surface area contributed by atoms with Crippen LogP contribution in [0.2, 0.25) is 5.02 Å². The van der Waals surface area contributed by atoms with E-state index in [1.54, 1.807) is 36.4 Å². The lowest BCUT2D eigenvalue weighted by atomic mass is 10.0. The molecule has 0 aliphatic carbocycles. The first-order chi connectivity index (χ1) is 14.0. The number of ether oxygens (including phenoxy) is 3. The third-order valence-electron chi connectivity index (χ3n) is 4.34. The lowest BCUT2D eigenvalue weighted by Gasteiger charge is -2.13. The number of oxime groups is 1. The highest BCUT2D eigenvalue weighted by atomic mass is 35.5. The second-order valence-electron chi connectivity index (χ2n) is 6.05. The zero-order valence-electron chi connectivity index (χ0n) is 16.0. The molecule has 152 valence electrons. The Kier molecular flexibility index (Phi) is 6.23. The van der Waals surface area contributed by atoms with Crippen molar-refractivity contribution in [3.05, 3.63) is 52.5 Å². The molecule has 0 saturated carbocycles. The van der Waals surface area contributed by atoms with E-state index in [4.69, 9.17) is 30.6 Å². The van der Waals surface area contributed by atoms with E-state index in [1.165, 1.54) is 21.3 Å². The monoisotopic (exact) mass is 418 g/mol. The van der Waals surface area contributed by atoms with Crippen LogP contribution in [0.15, 0.2) is 41.6 Å². The molecule has 1 aliphatic rings. The van der Waals surface area contributed by atoms with Crippen molar-refractivity contribution in [1.82, 2.24) is 0 Å². The minimum Gasteiger partial charge on any atom is -0.496 e. The molecule has 1 aliphatic heterocycles. The minimum absolute atomic E-state index is 0.200. The van der Waals surface area contributed by atoms with E-state index in [0.717, 1.165) is 0 Å². The maximum absolute atomic E-state index is 12.6. The molecule has 0 spiro atoms. The van der Waals surface area contributed by atoms with Gasteiger partial charge in [0.05, 0.1) is 43.3 Å². The first kappa shape index (κ1) is 20.5. The zero-order valence-corrected chi connectivity index (χ0v) is 16.8. The zero-order chi connectivity index (χ0) is 21.0. The van der Waals surface area contributed by atoms with Gasteiger partial charge in [0.15, 0.2) is 0 Å². The number of amides is 1. The molecule has 0 fully saturated rings. The number of halogens is 1. The number of carbonyl (C=O) groups is 2. The lowest BCUT2D eigenvalue weighted by molar-refractivity contribution is -0.125. The highest BCUT2D eigenvalue weighted by Gasteiger charge is 2.31. The topological polar surface area (TPSA) is 95.5 Å². The van der Waals surface area contributed by atoms with Gasteiger partial charge >= 0.3 is 5.97 Å². The Labute approximate surface area is 172 Å². The quantitative estimate of drug-likeness (QED) is 0.723. The predicted molar refractivity (Wildman–Crippen MR) is 107 cm³/mol. The molecule has 0 saturated heterocycles. The first-order valence-electron chi connectivity index (χ1n) is 8.61. The number of hydrogen-bond donors (Lipinski definition) is 1. The van der Waals surface area contributed by atoms with E-state index < -0.39 is 18.0 Å². The average molecular weight is 419 g/mol. The molecule has 2 aromatic carbocycles. The summed E-state index contributed by atoms with van der Waals surface area (Å²) in [7, 11) is 4.29. The van der Waals surface area contributed by atoms with Crippen molar-refractivity contribution in [2.24, 2.45) is 5.16 Å². The second-order valence-corrected chi connectivity index (χ2v) is 6.46. The van der Waals surface area contributed by atoms with E-state index in [0.29, 0.717) is 33.5 Å². The number of para-hydroxylation sites is 1. The predicted octanol–water partition coefficient (Wildman–Crippen LogP) is 3.28. The van der Waals surface area contributed by atoms with E-state index >= 15 is 0 Å². The van der Waals surface area contributed by atoms with Crippen LogP contribution in [0, 0.1) is 0 Å². The summed E-state index contributed by atoms with van der Waals surface area (Å²) in [5.41, 5.74) is 1.67. The normalized spacial score (nSPS) is 15.2. The lowest BCUT2D eigenvalue weighted by Crippen LogP contribution is -2.28. The van der Waals surface area contributed by atoms with Crippen LogP contribution in [0.5, 0.6) is 11.5 Å². The highest BCUT2D eigenvalue weighted by molar-refractivity contribution is 6.32. The summed E-state index contributed by atoms with van der Waals surface area (Å²) in [5, 5.41) is 7.08. The summed E-state index contributed by atoms with van der Waals surface area (Å²) in [4.78, 5) is 29.8. The van der Waals surface area contributed by atoms with E-state index in [2.05, 4.69) is 10.5 Å². The van der Waals surface area contributed by atoms with Gasteiger partial charge in [-0.25, -0.2) is 4.79 Å². The SMILES string of the molecule is COC(=O)c1ccccc1NC(=O)[C@@H]1CC(c2cc(Cl)c(OC)cc2OC)=NO1. The summed E-state index contributed by atoms with van der Waals surface area (Å²) < 4.78 is 15.3. The number of nitrogens with one attached hydrogen (secondary N) is 1. The first-order valence-corrected chi connectivity index (χ1v) is 8.99. The van der Waals surface area contributed by atoms with Gasteiger partial charge in [0, 0.05) is 18.1 Å². The average Bonchev–Trinajstić information content (AvgIpc) is 3.23. The number of methoxy groups -OCH3 is 3. The molecule has 0 radical (unpaired) electrons. The molecule has 1 N–H and O–H groups in total. The fourth-order valence-corrected chi connectivity index (χ4v) is 3.10. The molecular weight excluding hydrogens is 400 g/mol. The fraction of sp³-hybridized carbons (Fsp3) is 0.250. The Balaban J connectivity index is 1.76. The Morgan fingerprint density at radius 2 is 1.86 bits per heavy atom. The van der Waals surface area contributed by atoms with Crippen LogP contribution in [-0.2, 0) is 14.4 Å². The maximum atomic E-state index is 12.6. The van der Waals surface area contributed by atoms with Crippen molar-refractivity contribution in [2.75, 3.05) is 26.6 Å². The molecule has 3 rings (SSSR count). The molecular formula is C20H19ClN2O6. The molecule has 1 heterocycles. The van der Waals surface area contributed by atoms with Gasteiger partial charge in [0.25, 0.3) is 5.91 Å². The largest absolute Gasteiger partial charge is 0.496 e. The number of anilines is 1. The van der Waals surface area contributed by atoms with Gasteiger partial charge in [-0.3, -0.25) is 4.79 Å². The molecule has 0 bridgehead atoms. The number of carbonyl (C=O) groups excluding carboxylic acids is 2. The van der Waals surface area contributed by atoms with Crippen molar-refractivity contribution >= 4 is 34.9 Å². The second kappa shape index (κ2) is 8.83. The Morgan fingerprint density at radius 1 is 1.14 bits per heavy atom. The van der Waals surface area contributed by atoms with Crippen molar-refractivity contribution in [2.45, 2.75) is 12.5 Å². The molecule has 2 aromatic rings. The van der Waals surface area contributed by atoms with Crippen molar-refractivity contribution in [3.63, 3.8) is 0 Å².